The quantitative estimate of drug-likeness (QED) is 0.735. The number of hydrogen-bond donors (Lipinski definition) is 1. The number of amidine groups is 1. The second-order valence-corrected chi connectivity index (χ2v) is 6.39. The third-order valence-electron chi connectivity index (χ3n) is 3.60. The molecule has 1 amide bonds. The van der Waals surface area contributed by atoms with Crippen molar-refractivity contribution in [2.24, 2.45) is 4.99 Å². The predicted octanol–water partition coefficient (Wildman–Crippen LogP) is 3.76. The Bertz CT molecular complexity index is 945. The molecular formula is C19H14N4OS. The lowest BCUT2D eigenvalue weighted by Gasteiger charge is -2.01. The highest BCUT2D eigenvalue weighted by molar-refractivity contribution is 8.18. The van der Waals surface area contributed by atoms with Crippen molar-refractivity contribution >= 4 is 34.6 Å². The number of thioether (sulfide) groups is 1. The molecule has 0 unspecified atom stereocenters. The van der Waals surface area contributed by atoms with Gasteiger partial charge in [0, 0.05) is 12.4 Å². The summed E-state index contributed by atoms with van der Waals surface area (Å²) in [6.45, 7) is 0. The molecule has 25 heavy (non-hydrogen) atoms. The highest BCUT2D eigenvalue weighted by Crippen LogP contribution is 2.28. The van der Waals surface area contributed by atoms with Crippen LogP contribution in [-0.4, -0.2) is 20.9 Å². The van der Waals surface area contributed by atoms with Gasteiger partial charge in [0.15, 0.2) is 5.17 Å². The summed E-state index contributed by atoms with van der Waals surface area (Å²) in [6.07, 6.45) is 5.49. The number of carbonyl (C=O) groups excluding carboxylic acids is 1. The lowest BCUT2D eigenvalue weighted by atomic mass is 10.2. The average molecular weight is 346 g/mol. The second kappa shape index (κ2) is 6.78. The summed E-state index contributed by atoms with van der Waals surface area (Å²) < 4.78 is 1.79. The normalized spacial score (nSPS) is 17.2. The van der Waals surface area contributed by atoms with E-state index in [0.717, 1.165) is 16.9 Å². The number of hydrogen-bond acceptors (Lipinski definition) is 4. The number of amides is 1. The lowest BCUT2D eigenvalue weighted by molar-refractivity contribution is -0.115. The van der Waals surface area contributed by atoms with Gasteiger partial charge in [-0.3, -0.25) is 4.79 Å². The third-order valence-corrected chi connectivity index (χ3v) is 4.51. The van der Waals surface area contributed by atoms with E-state index >= 15 is 0 Å². The van der Waals surface area contributed by atoms with Gasteiger partial charge in [0.25, 0.3) is 5.91 Å². The maximum absolute atomic E-state index is 12.1. The third kappa shape index (κ3) is 3.54. The van der Waals surface area contributed by atoms with E-state index in [1.165, 1.54) is 11.8 Å². The molecule has 3 aromatic rings. The zero-order chi connectivity index (χ0) is 17.1. The van der Waals surface area contributed by atoms with E-state index in [-0.39, 0.29) is 5.91 Å². The molecule has 1 aliphatic heterocycles. The molecule has 0 spiro atoms. The number of para-hydroxylation sites is 1. The topological polar surface area (TPSA) is 59.3 Å². The Labute approximate surface area is 149 Å². The number of aliphatic imine (C=N–C) groups is 1. The van der Waals surface area contributed by atoms with Crippen LogP contribution in [0.1, 0.15) is 5.56 Å². The Morgan fingerprint density at radius 2 is 1.84 bits per heavy atom. The first kappa shape index (κ1) is 15.4. The van der Waals surface area contributed by atoms with Gasteiger partial charge in [-0.1, -0.05) is 30.3 Å². The van der Waals surface area contributed by atoms with Gasteiger partial charge in [-0.15, -0.1) is 0 Å². The number of aromatic nitrogens is 2. The van der Waals surface area contributed by atoms with E-state index in [0.29, 0.717) is 10.1 Å². The fourth-order valence-corrected chi connectivity index (χ4v) is 3.24. The molecule has 2 aromatic carbocycles. The first-order valence-electron chi connectivity index (χ1n) is 7.73. The van der Waals surface area contributed by atoms with Gasteiger partial charge < -0.3 is 5.32 Å². The summed E-state index contributed by atoms with van der Waals surface area (Å²) in [5.41, 5.74) is 2.74. The molecular weight excluding hydrogens is 332 g/mol. The minimum atomic E-state index is -0.129. The van der Waals surface area contributed by atoms with Crippen molar-refractivity contribution < 1.29 is 4.79 Å². The largest absolute Gasteiger partial charge is 0.300 e. The summed E-state index contributed by atoms with van der Waals surface area (Å²) in [5.74, 6) is -0.129. The van der Waals surface area contributed by atoms with E-state index in [1.807, 2.05) is 72.9 Å². The van der Waals surface area contributed by atoms with E-state index in [2.05, 4.69) is 15.4 Å². The van der Waals surface area contributed by atoms with Gasteiger partial charge in [-0.25, -0.2) is 9.67 Å². The van der Waals surface area contributed by atoms with Crippen molar-refractivity contribution in [1.82, 2.24) is 15.1 Å². The molecule has 2 heterocycles. The molecule has 1 N–H and O–H groups in total. The molecule has 122 valence electrons. The van der Waals surface area contributed by atoms with E-state index in [9.17, 15) is 4.79 Å². The average Bonchev–Trinajstić information content (AvgIpc) is 3.27. The Morgan fingerprint density at radius 3 is 2.56 bits per heavy atom. The van der Waals surface area contributed by atoms with E-state index in [4.69, 9.17) is 0 Å². The number of carbonyl (C=O) groups is 1. The molecule has 1 fully saturated rings. The highest BCUT2D eigenvalue weighted by Gasteiger charge is 2.23. The van der Waals surface area contributed by atoms with E-state index in [1.54, 1.807) is 10.9 Å². The molecule has 1 saturated heterocycles. The molecule has 0 bridgehead atoms. The van der Waals surface area contributed by atoms with Gasteiger partial charge in [0.2, 0.25) is 0 Å². The van der Waals surface area contributed by atoms with Crippen LogP contribution in [0.25, 0.3) is 11.8 Å². The van der Waals surface area contributed by atoms with Crippen LogP contribution >= 0.6 is 11.8 Å². The molecule has 0 atom stereocenters. The maximum atomic E-state index is 12.1. The van der Waals surface area contributed by atoms with Crippen molar-refractivity contribution in [1.29, 1.82) is 0 Å². The summed E-state index contributed by atoms with van der Waals surface area (Å²) in [5, 5.41) is 7.59. The maximum Gasteiger partial charge on any atom is 0.264 e. The van der Waals surface area contributed by atoms with Crippen LogP contribution in [0.5, 0.6) is 0 Å². The predicted molar refractivity (Wildman–Crippen MR) is 101 cm³/mol. The van der Waals surface area contributed by atoms with Gasteiger partial charge in [0.1, 0.15) is 0 Å². The van der Waals surface area contributed by atoms with Crippen molar-refractivity contribution in [3.05, 3.63) is 83.5 Å². The SMILES string of the molecule is O=C1NC(=Nc2ccccc2)SC1=Cc1ccc(-n2cccn2)cc1. The summed E-state index contributed by atoms with van der Waals surface area (Å²) >= 11 is 1.34. The standard InChI is InChI=1S/C19H14N4OS/c24-18-17(25-19(22-18)21-15-5-2-1-3-6-15)13-14-7-9-16(10-8-14)23-12-4-11-20-23/h1-13H,(H,21,22,24). The minimum Gasteiger partial charge on any atom is -0.300 e. The lowest BCUT2D eigenvalue weighted by Crippen LogP contribution is -2.19. The van der Waals surface area contributed by atoms with Crippen molar-refractivity contribution in [3.63, 3.8) is 0 Å². The highest BCUT2D eigenvalue weighted by atomic mass is 32.2. The van der Waals surface area contributed by atoms with Gasteiger partial charge in [0.05, 0.1) is 16.3 Å². The van der Waals surface area contributed by atoms with Crippen molar-refractivity contribution in [2.75, 3.05) is 0 Å². The summed E-state index contributed by atoms with van der Waals surface area (Å²) in [7, 11) is 0. The van der Waals surface area contributed by atoms with Gasteiger partial charge >= 0.3 is 0 Å². The van der Waals surface area contributed by atoms with Crippen LogP contribution in [0, 0.1) is 0 Å². The van der Waals surface area contributed by atoms with Crippen LogP contribution in [0.15, 0.2) is 83.0 Å². The minimum absolute atomic E-state index is 0.129. The first-order valence-corrected chi connectivity index (χ1v) is 8.54. The monoisotopic (exact) mass is 346 g/mol. The fraction of sp³-hybridized carbons (Fsp3) is 0. The van der Waals surface area contributed by atoms with Crippen molar-refractivity contribution in [2.45, 2.75) is 0 Å². The van der Waals surface area contributed by atoms with Gasteiger partial charge in [-0.05, 0) is 53.7 Å². The van der Waals surface area contributed by atoms with Crippen LogP contribution in [0.2, 0.25) is 0 Å². The molecule has 1 aromatic heterocycles. The Hall–Kier alpha value is -3.12. The molecule has 1 aliphatic rings. The zero-order valence-electron chi connectivity index (χ0n) is 13.2. The van der Waals surface area contributed by atoms with Crippen molar-refractivity contribution in [3.8, 4) is 5.69 Å². The smallest absolute Gasteiger partial charge is 0.264 e. The number of nitrogens with one attached hydrogen (secondary N) is 1. The Kier molecular flexibility index (Phi) is 4.18. The number of benzene rings is 2. The zero-order valence-corrected chi connectivity index (χ0v) is 14.0. The number of nitrogens with zero attached hydrogens (tertiary/aromatic N) is 3. The molecule has 0 aliphatic carbocycles. The molecule has 6 heteroatoms. The molecule has 5 nitrogen and oxygen atoms in total. The van der Waals surface area contributed by atoms with E-state index < -0.39 is 0 Å². The first-order chi connectivity index (χ1) is 12.3. The molecule has 0 radical (unpaired) electrons. The van der Waals surface area contributed by atoms with Gasteiger partial charge in [-0.2, -0.15) is 5.10 Å². The van der Waals surface area contributed by atoms with Crippen LogP contribution in [0.3, 0.4) is 0 Å². The van der Waals surface area contributed by atoms with Crippen LogP contribution in [-0.2, 0) is 4.79 Å². The van der Waals surface area contributed by atoms with Crippen LogP contribution in [0.4, 0.5) is 5.69 Å². The molecule has 4 rings (SSSR count). The molecule has 0 saturated carbocycles. The Morgan fingerprint density at radius 1 is 1.04 bits per heavy atom. The Balaban J connectivity index is 1.53. The fourth-order valence-electron chi connectivity index (χ4n) is 2.40. The number of rotatable bonds is 3. The van der Waals surface area contributed by atoms with Crippen LogP contribution < -0.4 is 5.32 Å². The summed E-state index contributed by atoms with van der Waals surface area (Å²) in [4.78, 5) is 17.2. The second-order valence-electron chi connectivity index (χ2n) is 5.36. The summed E-state index contributed by atoms with van der Waals surface area (Å²) in [6, 6.07) is 19.3.